The highest BCUT2D eigenvalue weighted by molar-refractivity contribution is 5.56. The molecule has 106 valence electrons. The maximum Gasteiger partial charge on any atom is 0.0414 e. The molecule has 19 heavy (non-hydrogen) atoms. The van der Waals surface area contributed by atoms with Gasteiger partial charge in [0.25, 0.3) is 0 Å². The molecule has 0 spiro atoms. The van der Waals surface area contributed by atoms with Crippen LogP contribution in [0.3, 0.4) is 0 Å². The average Bonchev–Trinajstić information content (AvgIpc) is 2.75. The molecule has 1 atom stereocenters. The number of hydrogen-bond acceptors (Lipinski definition) is 2. The van der Waals surface area contributed by atoms with Gasteiger partial charge in [0, 0.05) is 24.8 Å². The van der Waals surface area contributed by atoms with E-state index in [1.807, 2.05) is 0 Å². The van der Waals surface area contributed by atoms with Crippen LogP contribution in [0.4, 0.5) is 5.69 Å². The van der Waals surface area contributed by atoms with Crippen LogP contribution < -0.4 is 10.2 Å². The zero-order valence-electron chi connectivity index (χ0n) is 12.9. The fraction of sp³-hybridized carbons (Fsp3) is 0.647. The van der Waals surface area contributed by atoms with Gasteiger partial charge < -0.3 is 10.2 Å². The van der Waals surface area contributed by atoms with Crippen molar-refractivity contribution in [3.63, 3.8) is 0 Å². The summed E-state index contributed by atoms with van der Waals surface area (Å²) >= 11 is 0. The van der Waals surface area contributed by atoms with Crippen molar-refractivity contribution < 1.29 is 0 Å². The third-order valence-corrected chi connectivity index (χ3v) is 3.97. The third-order valence-electron chi connectivity index (χ3n) is 3.97. The quantitative estimate of drug-likeness (QED) is 0.868. The molecule has 0 aromatic heterocycles. The van der Waals surface area contributed by atoms with E-state index in [1.54, 1.807) is 0 Å². The van der Waals surface area contributed by atoms with E-state index >= 15 is 0 Å². The van der Waals surface area contributed by atoms with Crippen LogP contribution in [-0.2, 0) is 6.54 Å². The molecule has 1 unspecified atom stereocenters. The lowest BCUT2D eigenvalue weighted by atomic mass is 10.1. The Labute approximate surface area is 118 Å². The molecular formula is C17H28N2. The van der Waals surface area contributed by atoms with E-state index in [2.05, 4.69) is 56.1 Å². The minimum absolute atomic E-state index is 0.687. The number of hydrogen-bond donors (Lipinski definition) is 1. The predicted molar refractivity (Wildman–Crippen MR) is 83.8 cm³/mol. The van der Waals surface area contributed by atoms with Crippen molar-refractivity contribution in [1.29, 1.82) is 0 Å². The summed E-state index contributed by atoms with van der Waals surface area (Å²) in [5.41, 5.74) is 4.25. The predicted octanol–water partition coefficient (Wildman–Crippen LogP) is 3.73. The molecule has 0 radical (unpaired) electrons. The standard InChI is InChI=1S/C17H28N2/c1-13(2)11-18-12-16-10-14(3)7-8-17(16)19-9-5-6-15(19)4/h7-8,10,13,15,18H,5-6,9,11-12H2,1-4H3. The Morgan fingerprint density at radius 2 is 2.16 bits per heavy atom. The highest BCUT2D eigenvalue weighted by Gasteiger charge is 2.22. The summed E-state index contributed by atoms with van der Waals surface area (Å²) in [5.74, 6) is 0.707. The second-order valence-electron chi connectivity index (χ2n) is 6.34. The normalized spacial score (nSPS) is 19.4. The molecule has 1 aromatic rings. The topological polar surface area (TPSA) is 15.3 Å². The molecule has 1 aliphatic rings. The second kappa shape index (κ2) is 6.42. The van der Waals surface area contributed by atoms with Gasteiger partial charge in [-0.3, -0.25) is 0 Å². The minimum Gasteiger partial charge on any atom is -0.369 e. The summed E-state index contributed by atoms with van der Waals surface area (Å²) in [4.78, 5) is 2.58. The monoisotopic (exact) mass is 260 g/mol. The van der Waals surface area contributed by atoms with E-state index in [0.717, 1.165) is 13.1 Å². The van der Waals surface area contributed by atoms with Gasteiger partial charge in [0.2, 0.25) is 0 Å². The first-order valence-corrected chi connectivity index (χ1v) is 7.65. The van der Waals surface area contributed by atoms with Gasteiger partial charge in [-0.15, -0.1) is 0 Å². The number of rotatable bonds is 5. The number of nitrogens with zero attached hydrogens (tertiary/aromatic N) is 1. The Hall–Kier alpha value is -1.02. The van der Waals surface area contributed by atoms with Crippen LogP contribution in [0.25, 0.3) is 0 Å². The Kier molecular flexibility index (Phi) is 4.87. The Morgan fingerprint density at radius 1 is 1.37 bits per heavy atom. The first-order valence-electron chi connectivity index (χ1n) is 7.65. The SMILES string of the molecule is Cc1ccc(N2CCCC2C)c(CNCC(C)C)c1. The van der Waals surface area contributed by atoms with Gasteiger partial charge in [-0.05, 0) is 50.8 Å². The van der Waals surface area contributed by atoms with E-state index in [4.69, 9.17) is 0 Å². The van der Waals surface area contributed by atoms with Crippen molar-refractivity contribution in [1.82, 2.24) is 5.32 Å². The highest BCUT2D eigenvalue weighted by Crippen LogP contribution is 2.29. The van der Waals surface area contributed by atoms with Gasteiger partial charge in [0.15, 0.2) is 0 Å². The van der Waals surface area contributed by atoms with Crippen molar-refractivity contribution in [3.8, 4) is 0 Å². The zero-order chi connectivity index (χ0) is 13.8. The van der Waals surface area contributed by atoms with Crippen LogP contribution in [0.5, 0.6) is 0 Å². The molecule has 0 saturated carbocycles. The van der Waals surface area contributed by atoms with Crippen LogP contribution in [0, 0.1) is 12.8 Å². The van der Waals surface area contributed by atoms with Crippen molar-refractivity contribution in [2.45, 2.75) is 53.1 Å². The fourth-order valence-corrected chi connectivity index (χ4v) is 2.92. The van der Waals surface area contributed by atoms with Gasteiger partial charge in [-0.1, -0.05) is 31.5 Å². The van der Waals surface area contributed by atoms with Gasteiger partial charge in [0.05, 0.1) is 0 Å². The van der Waals surface area contributed by atoms with Gasteiger partial charge in [-0.25, -0.2) is 0 Å². The molecule has 1 aliphatic heterocycles. The zero-order valence-corrected chi connectivity index (χ0v) is 12.9. The average molecular weight is 260 g/mol. The van der Waals surface area contributed by atoms with Crippen LogP contribution in [0.1, 0.15) is 44.7 Å². The first-order chi connectivity index (χ1) is 9.08. The maximum atomic E-state index is 3.58. The lowest BCUT2D eigenvalue weighted by Gasteiger charge is -2.27. The largest absolute Gasteiger partial charge is 0.369 e. The van der Waals surface area contributed by atoms with E-state index in [1.165, 1.54) is 36.2 Å². The van der Waals surface area contributed by atoms with Crippen LogP contribution in [0.2, 0.25) is 0 Å². The molecule has 1 saturated heterocycles. The minimum atomic E-state index is 0.687. The van der Waals surface area contributed by atoms with E-state index in [0.29, 0.717) is 12.0 Å². The Balaban J connectivity index is 2.13. The molecule has 2 rings (SSSR count). The molecule has 1 heterocycles. The Bertz CT molecular complexity index is 412. The second-order valence-corrected chi connectivity index (χ2v) is 6.34. The van der Waals surface area contributed by atoms with Crippen molar-refractivity contribution in [2.75, 3.05) is 18.0 Å². The number of nitrogens with one attached hydrogen (secondary N) is 1. The molecule has 0 bridgehead atoms. The summed E-state index contributed by atoms with van der Waals surface area (Å²) < 4.78 is 0. The molecule has 0 amide bonds. The van der Waals surface area contributed by atoms with Gasteiger partial charge in [0.1, 0.15) is 0 Å². The Morgan fingerprint density at radius 3 is 2.79 bits per heavy atom. The summed E-state index contributed by atoms with van der Waals surface area (Å²) in [6.07, 6.45) is 2.65. The molecule has 0 aliphatic carbocycles. The molecule has 2 heteroatoms. The molecule has 1 N–H and O–H groups in total. The smallest absolute Gasteiger partial charge is 0.0414 e. The summed E-state index contributed by atoms with van der Waals surface area (Å²) in [5, 5.41) is 3.58. The van der Waals surface area contributed by atoms with E-state index in [9.17, 15) is 0 Å². The number of benzene rings is 1. The summed E-state index contributed by atoms with van der Waals surface area (Å²) in [6.45, 7) is 12.3. The van der Waals surface area contributed by atoms with Crippen LogP contribution in [0.15, 0.2) is 18.2 Å². The van der Waals surface area contributed by atoms with E-state index < -0.39 is 0 Å². The van der Waals surface area contributed by atoms with Gasteiger partial charge >= 0.3 is 0 Å². The summed E-state index contributed by atoms with van der Waals surface area (Å²) in [7, 11) is 0. The van der Waals surface area contributed by atoms with Crippen molar-refractivity contribution >= 4 is 5.69 Å². The van der Waals surface area contributed by atoms with Crippen molar-refractivity contribution in [3.05, 3.63) is 29.3 Å². The molecule has 1 fully saturated rings. The number of aryl methyl sites for hydroxylation is 1. The molecular weight excluding hydrogens is 232 g/mol. The highest BCUT2D eigenvalue weighted by atomic mass is 15.2. The summed E-state index contributed by atoms with van der Waals surface area (Å²) in [6, 6.07) is 7.58. The van der Waals surface area contributed by atoms with Crippen LogP contribution in [-0.4, -0.2) is 19.1 Å². The van der Waals surface area contributed by atoms with Crippen molar-refractivity contribution in [2.24, 2.45) is 5.92 Å². The lowest BCUT2D eigenvalue weighted by molar-refractivity contribution is 0.551. The third kappa shape index (κ3) is 3.73. The number of anilines is 1. The first kappa shape index (κ1) is 14.4. The van der Waals surface area contributed by atoms with Crippen LogP contribution >= 0.6 is 0 Å². The lowest BCUT2D eigenvalue weighted by Crippen LogP contribution is -2.28. The molecule has 1 aromatic carbocycles. The fourth-order valence-electron chi connectivity index (χ4n) is 2.92. The maximum absolute atomic E-state index is 3.58. The van der Waals surface area contributed by atoms with Gasteiger partial charge in [-0.2, -0.15) is 0 Å². The molecule has 2 nitrogen and oxygen atoms in total. The van der Waals surface area contributed by atoms with E-state index in [-0.39, 0.29) is 0 Å².